The second-order valence-corrected chi connectivity index (χ2v) is 8.38. The molecule has 0 spiro atoms. The highest BCUT2D eigenvalue weighted by Crippen LogP contribution is 2.36. The molecule has 0 radical (unpaired) electrons. The molecule has 0 saturated heterocycles. The first-order valence-corrected chi connectivity index (χ1v) is 11.5. The van der Waals surface area contributed by atoms with E-state index in [-0.39, 0.29) is 17.0 Å². The number of nitrogens with one attached hydrogen (secondary N) is 1. The molecule has 0 aromatic heterocycles. The largest absolute Gasteiger partial charge is 0.492 e. The van der Waals surface area contributed by atoms with Crippen LogP contribution < -0.4 is 19.7 Å². The van der Waals surface area contributed by atoms with Gasteiger partial charge >= 0.3 is 0 Å². The Morgan fingerprint density at radius 3 is 2.28 bits per heavy atom. The molecule has 2 heterocycles. The van der Waals surface area contributed by atoms with E-state index >= 15 is 0 Å². The fourth-order valence-electron chi connectivity index (χ4n) is 4.22. The second kappa shape index (κ2) is 9.53. The lowest BCUT2D eigenvalue weighted by Crippen LogP contribution is -2.46. The molecular weight excluding hydrogens is 462 g/mol. The lowest BCUT2D eigenvalue weighted by Gasteiger charge is -2.33. The predicted octanol–water partition coefficient (Wildman–Crippen LogP) is 3.11. The Morgan fingerprint density at radius 2 is 1.58 bits per heavy atom. The maximum atomic E-state index is 12.7. The molecule has 9 heteroatoms. The van der Waals surface area contributed by atoms with Crippen molar-refractivity contribution in [2.45, 2.75) is 13.0 Å². The highest BCUT2D eigenvalue weighted by atomic mass is 16.5. The van der Waals surface area contributed by atoms with E-state index in [2.05, 4.69) is 5.32 Å². The number of imide groups is 1. The van der Waals surface area contributed by atoms with Gasteiger partial charge in [0.25, 0.3) is 17.7 Å². The topological polar surface area (TPSA) is 105 Å². The minimum Gasteiger partial charge on any atom is -0.492 e. The third-order valence-electron chi connectivity index (χ3n) is 5.96. The number of hydrogen-bond acceptors (Lipinski definition) is 6. The minimum atomic E-state index is -0.710. The maximum Gasteiger partial charge on any atom is 0.267 e. The second-order valence-electron chi connectivity index (χ2n) is 8.38. The molecule has 9 nitrogen and oxygen atoms in total. The average Bonchev–Trinajstić information content (AvgIpc) is 3.12. The summed E-state index contributed by atoms with van der Waals surface area (Å²) < 4.78 is 11.5. The van der Waals surface area contributed by atoms with Gasteiger partial charge in [-0.3, -0.25) is 24.1 Å². The molecule has 0 aliphatic carbocycles. The monoisotopic (exact) mass is 485 g/mol. The lowest BCUT2D eigenvalue weighted by atomic mass is 10.1. The summed E-state index contributed by atoms with van der Waals surface area (Å²) in [5.41, 5.74) is 1.55. The molecule has 0 saturated carbocycles. The predicted molar refractivity (Wildman–Crippen MR) is 131 cm³/mol. The molecule has 3 aromatic rings. The van der Waals surface area contributed by atoms with Gasteiger partial charge in [0.05, 0.1) is 23.4 Å². The highest BCUT2D eigenvalue weighted by molar-refractivity contribution is 6.22. The van der Waals surface area contributed by atoms with Gasteiger partial charge in [-0.2, -0.15) is 0 Å². The van der Waals surface area contributed by atoms with Crippen molar-refractivity contribution in [1.82, 2.24) is 4.90 Å². The van der Waals surface area contributed by atoms with E-state index in [1.54, 1.807) is 54.3 Å². The van der Waals surface area contributed by atoms with Gasteiger partial charge in [0.1, 0.15) is 24.7 Å². The van der Waals surface area contributed by atoms with Gasteiger partial charge in [-0.25, -0.2) is 0 Å². The quantitative estimate of drug-likeness (QED) is 0.516. The molecule has 2 aliphatic heterocycles. The van der Waals surface area contributed by atoms with E-state index in [0.29, 0.717) is 36.0 Å². The Hall–Kier alpha value is -4.66. The van der Waals surface area contributed by atoms with E-state index in [1.165, 1.54) is 0 Å². The Morgan fingerprint density at radius 1 is 0.917 bits per heavy atom. The Kier molecular flexibility index (Phi) is 6.12. The zero-order valence-corrected chi connectivity index (χ0v) is 19.5. The molecule has 5 rings (SSSR count). The van der Waals surface area contributed by atoms with Gasteiger partial charge in [0, 0.05) is 11.8 Å². The minimum absolute atomic E-state index is 0.193. The van der Waals surface area contributed by atoms with Crippen LogP contribution in [-0.2, 0) is 9.59 Å². The van der Waals surface area contributed by atoms with Crippen LogP contribution in [0.2, 0.25) is 0 Å². The van der Waals surface area contributed by atoms with Crippen molar-refractivity contribution in [3.05, 3.63) is 83.9 Å². The summed E-state index contributed by atoms with van der Waals surface area (Å²) >= 11 is 0. The molecule has 4 amide bonds. The summed E-state index contributed by atoms with van der Waals surface area (Å²) in [6.45, 7) is 1.85. The number of fused-ring (bicyclic) bond motifs is 2. The average molecular weight is 485 g/mol. The van der Waals surface area contributed by atoms with Crippen molar-refractivity contribution in [2.75, 3.05) is 29.9 Å². The lowest BCUT2D eigenvalue weighted by molar-refractivity contribution is -0.125. The van der Waals surface area contributed by atoms with Gasteiger partial charge in [-0.15, -0.1) is 0 Å². The fraction of sp³-hybridized carbons (Fsp3) is 0.185. The maximum absolute atomic E-state index is 12.7. The number of carbonyl (C=O) groups excluding carboxylic acids is 4. The van der Waals surface area contributed by atoms with E-state index in [9.17, 15) is 19.2 Å². The number of nitrogens with zero attached hydrogens (tertiary/aromatic N) is 2. The first kappa shape index (κ1) is 23.1. The van der Waals surface area contributed by atoms with Crippen LogP contribution in [0.25, 0.3) is 0 Å². The highest BCUT2D eigenvalue weighted by Gasteiger charge is 2.36. The van der Waals surface area contributed by atoms with E-state index in [4.69, 9.17) is 9.47 Å². The molecule has 1 atom stereocenters. The van der Waals surface area contributed by atoms with Crippen LogP contribution in [0.15, 0.2) is 72.8 Å². The third-order valence-corrected chi connectivity index (χ3v) is 5.96. The number of rotatable bonds is 7. The van der Waals surface area contributed by atoms with E-state index < -0.39 is 30.4 Å². The summed E-state index contributed by atoms with van der Waals surface area (Å²) in [7, 11) is 0. The number of amides is 4. The van der Waals surface area contributed by atoms with Crippen LogP contribution in [0.4, 0.5) is 11.4 Å². The van der Waals surface area contributed by atoms with Crippen molar-refractivity contribution in [2.24, 2.45) is 0 Å². The first-order chi connectivity index (χ1) is 17.4. The van der Waals surface area contributed by atoms with Crippen molar-refractivity contribution in [3.8, 4) is 11.5 Å². The summed E-state index contributed by atoms with van der Waals surface area (Å²) in [4.78, 5) is 53.0. The molecule has 1 unspecified atom stereocenters. The SMILES string of the molecule is CC1Oc2cc(NC(=O)CN3C(=O)c4ccccc4C3=O)ccc2N(CCOc2ccccc2)C1=O. The standard InChI is InChI=1S/C27H23N3O6/c1-17-25(32)29(13-14-35-19-7-3-2-4-8-19)22-12-11-18(15-23(22)36-17)28-24(31)16-30-26(33)20-9-5-6-10-21(20)27(30)34/h2-12,15,17H,13-14,16H2,1H3,(H,28,31). The molecule has 0 fully saturated rings. The van der Waals surface area contributed by atoms with Crippen LogP contribution in [-0.4, -0.2) is 54.3 Å². The van der Waals surface area contributed by atoms with Crippen LogP contribution >= 0.6 is 0 Å². The Bertz CT molecular complexity index is 1320. The van der Waals surface area contributed by atoms with Crippen LogP contribution in [0.3, 0.4) is 0 Å². The Labute approximate surface area is 207 Å². The van der Waals surface area contributed by atoms with Gasteiger partial charge in [0.2, 0.25) is 5.91 Å². The van der Waals surface area contributed by atoms with Crippen LogP contribution in [0.5, 0.6) is 11.5 Å². The fourth-order valence-corrected chi connectivity index (χ4v) is 4.22. The van der Waals surface area contributed by atoms with Crippen molar-refractivity contribution in [1.29, 1.82) is 0 Å². The normalized spacial score (nSPS) is 16.4. The molecule has 0 bridgehead atoms. The Balaban J connectivity index is 1.25. The van der Waals surface area contributed by atoms with Crippen molar-refractivity contribution < 1.29 is 28.7 Å². The van der Waals surface area contributed by atoms with Crippen LogP contribution in [0, 0.1) is 0 Å². The summed E-state index contributed by atoms with van der Waals surface area (Å²) in [5, 5.41) is 2.70. The summed E-state index contributed by atoms with van der Waals surface area (Å²) in [6, 6.07) is 20.7. The molecule has 3 aromatic carbocycles. The first-order valence-electron chi connectivity index (χ1n) is 11.5. The van der Waals surface area contributed by atoms with Gasteiger partial charge in [-0.05, 0) is 43.3 Å². The van der Waals surface area contributed by atoms with E-state index in [1.807, 2.05) is 30.3 Å². The molecule has 2 aliphatic rings. The van der Waals surface area contributed by atoms with E-state index in [0.717, 1.165) is 4.90 Å². The number of ether oxygens (including phenoxy) is 2. The number of benzene rings is 3. The zero-order chi connectivity index (χ0) is 25.2. The summed E-state index contributed by atoms with van der Waals surface area (Å²) in [6.07, 6.45) is -0.710. The smallest absolute Gasteiger partial charge is 0.267 e. The molecular formula is C27H23N3O6. The molecule has 1 N–H and O–H groups in total. The zero-order valence-electron chi connectivity index (χ0n) is 19.5. The van der Waals surface area contributed by atoms with Crippen LogP contribution in [0.1, 0.15) is 27.6 Å². The van der Waals surface area contributed by atoms with Gasteiger partial charge < -0.3 is 19.7 Å². The number of carbonyl (C=O) groups is 4. The molecule has 182 valence electrons. The number of anilines is 2. The number of hydrogen-bond donors (Lipinski definition) is 1. The van der Waals surface area contributed by atoms with Crippen molar-refractivity contribution in [3.63, 3.8) is 0 Å². The van der Waals surface area contributed by atoms with Gasteiger partial charge in [-0.1, -0.05) is 30.3 Å². The van der Waals surface area contributed by atoms with Gasteiger partial charge in [0.15, 0.2) is 6.10 Å². The van der Waals surface area contributed by atoms with Crippen molar-refractivity contribution >= 4 is 35.0 Å². The summed E-state index contributed by atoms with van der Waals surface area (Å²) in [5.74, 6) is -0.581. The molecule has 36 heavy (non-hydrogen) atoms. The third kappa shape index (κ3) is 4.38. The number of para-hydroxylation sites is 1.